The zero-order valence-electron chi connectivity index (χ0n) is 49.3. The number of para-hydroxylation sites is 1. The molecule has 4 atom stereocenters. The minimum Gasteiger partial charge on any atom is -0.491 e. The largest absolute Gasteiger partial charge is 0.586 e. The number of piperazine rings is 1. The highest BCUT2D eigenvalue weighted by Gasteiger charge is 2.53. The van der Waals surface area contributed by atoms with Crippen molar-refractivity contribution in [3.63, 3.8) is 0 Å². The average Bonchev–Trinajstić information content (AvgIpc) is 1.76. The number of pyridine rings is 1. The number of hydrogen-bond acceptors (Lipinski definition) is 22. The molecule has 3 aromatic carbocycles. The van der Waals surface area contributed by atoms with Gasteiger partial charge in [0.15, 0.2) is 27.0 Å². The number of thiazole rings is 1. The Bertz CT molecular complexity index is 3670. The molecule has 24 nitrogen and oxygen atoms in total. The van der Waals surface area contributed by atoms with Crippen molar-refractivity contribution in [3.8, 4) is 33.7 Å². The van der Waals surface area contributed by atoms with Gasteiger partial charge in [0.1, 0.15) is 31.0 Å². The first kappa shape index (κ1) is 64.3. The highest BCUT2D eigenvalue weighted by molar-refractivity contribution is 7.90. The first-order valence-electron chi connectivity index (χ1n) is 28.7. The van der Waals surface area contributed by atoms with Crippen molar-refractivity contribution in [3.05, 3.63) is 106 Å². The Labute approximate surface area is 520 Å². The molecule has 3 aliphatic heterocycles. The number of benzene rings is 3. The Morgan fingerprint density at radius 1 is 0.910 bits per heavy atom. The molecule has 476 valence electrons. The fourth-order valence-corrected chi connectivity index (χ4v) is 11.8. The molecule has 10 rings (SSSR count). The average molecular weight is 1290 g/mol. The van der Waals surface area contributed by atoms with Crippen LogP contribution in [0.25, 0.3) is 10.4 Å². The van der Waals surface area contributed by atoms with Crippen molar-refractivity contribution < 1.29 is 69.5 Å². The van der Waals surface area contributed by atoms with Crippen LogP contribution in [-0.4, -0.2) is 170 Å². The van der Waals surface area contributed by atoms with Gasteiger partial charge in [0.05, 0.1) is 81.6 Å². The highest BCUT2D eigenvalue weighted by Crippen LogP contribution is 2.48. The van der Waals surface area contributed by atoms with Crippen LogP contribution < -0.4 is 50.4 Å². The molecule has 0 radical (unpaired) electrons. The lowest BCUT2D eigenvalue weighted by atomic mass is 9.85. The second-order valence-electron chi connectivity index (χ2n) is 22.7. The number of sulfone groups is 1. The van der Waals surface area contributed by atoms with Crippen LogP contribution in [0.2, 0.25) is 5.02 Å². The number of nitrogens with one attached hydrogen (secondary N) is 5. The summed E-state index contributed by atoms with van der Waals surface area (Å²) in [5.41, 5.74) is 2.04. The number of aromatic nitrogens is 5. The van der Waals surface area contributed by atoms with Crippen LogP contribution >= 0.6 is 22.9 Å². The molecule has 4 aliphatic rings. The molecule has 1 unspecified atom stereocenters. The molecule has 3 amide bonds. The maximum Gasteiger partial charge on any atom is 0.586 e. The molecule has 1 aliphatic carbocycles. The quantitative estimate of drug-likeness (QED) is 0.0315. The minimum absolute atomic E-state index is 0.00389. The molecule has 30 heteroatoms. The van der Waals surface area contributed by atoms with Crippen LogP contribution in [0.15, 0.2) is 83.3 Å². The molecule has 2 saturated heterocycles. The zero-order valence-corrected chi connectivity index (χ0v) is 51.7. The number of β-amino-alcohol motifs (C(OH)–C–C–N with tert-alkyl or cyclic N) is 1. The van der Waals surface area contributed by atoms with E-state index in [9.17, 15) is 41.1 Å². The first-order chi connectivity index (χ1) is 42.4. The highest BCUT2D eigenvalue weighted by atomic mass is 35.5. The molecular weight excluding hydrogens is 1230 g/mol. The minimum atomic E-state index is -3.95. The summed E-state index contributed by atoms with van der Waals surface area (Å²) in [6.07, 6.45) is -2.29. The van der Waals surface area contributed by atoms with Crippen molar-refractivity contribution in [1.82, 2.24) is 45.8 Å². The van der Waals surface area contributed by atoms with Gasteiger partial charge in [-0.05, 0) is 73.2 Å². The van der Waals surface area contributed by atoms with Crippen molar-refractivity contribution in [2.75, 3.05) is 94.2 Å². The van der Waals surface area contributed by atoms with E-state index in [1.807, 2.05) is 30.0 Å². The maximum absolute atomic E-state index is 14.7. The predicted molar refractivity (Wildman–Crippen MR) is 322 cm³/mol. The van der Waals surface area contributed by atoms with Crippen LogP contribution in [0.3, 0.4) is 0 Å². The SMILES string of the molecule is Cc1ncsc1-c1ccc(CNC(=O)[C@@H]2C[C@@H](O)CN2C(=O)C(NC(=O)C2(F)CC2)C(C)(C)C)c(OCCOCCOCCOc2nc(Nc3cc(S(C)(=O)=O)ccc3N[C@@H](c3cccc4c3OC(F)(F)O4)c3ncccc3Cl)nc(N3CCNCC3)n2)c1. The zero-order chi connectivity index (χ0) is 63.3. The van der Waals surface area contributed by atoms with Crippen LogP contribution in [0.5, 0.6) is 23.3 Å². The fourth-order valence-electron chi connectivity index (χ4n) is 10.2. The third-order valence-corrected chi connectivity index (χ3v) is 17.4. The maximum atomic E-state index is 14.7. The Morgan fingerprint density at radius 3 is 2.35 bits per heavy atom. The summed E-state index contributed by atoms with van der Waals surface area (Å²) in [6.45, 7) is 10.1. The lowest BCUT2D eigenvalue weighted by Crippen LogP contribution is -2.59. The van der Waals surface area contributed by atoms with E-state index < -0.39 is 69.2 Å². The number of aryl methyl sites for hydroxylation is 1. The summed E-state index contributed by atoms with van der Waals surface area (Å²) in [4.78, 5) is 67.4. The molecule has 89 heavy (non-hydrogen) atoms. The second-order valence-corrected chi connectivity index (χ2v) is 26.0. The van der Waals surface area contributed by atoms with Gasteiger partial charge in [-0.25, -0.2) is 17.8 Å². The van der Waals surface area contributed by atoms with Gasteiger partial charge in [-0.15, -0.1) is 20.1 Å². The van der Waals surface area contributed by atoms with Gasteiger partial charge in [-0.3, -0.25) is 19.4 Å². The smallest absolute Gasteiger partial charge is 0.491 e. The Balaban J connectivity index is 0.757. The Morgan fingerprint density at radius 2 is 1.65 bits per heavy atom. The number of anilines is 4. The van der Waals surface area contributed by atoms with Crippen LogP contribution in [0.1, 0.15) is 68.6 Å². The third-order valence-electron chi connectivity index (χ3n) is 15.0. The molecule has 0 bridgehead atoms. The number of halogens is 4. The number of aliphatic hydroxyl groups is 1. The standard InChI is InChI=1S/C59H68ClF3N12O12S2/c1-34-49(88-33-67-34)35-11-12-36(31-66-51(77)43-29-37(76)32-75(43)52(78)50(57(2,3)4)70-53(79)58(61)15-16-58)45(28-35)84-26-24-82-22-23-83-25-27-85-56-72-54(71-55(73-56)74-20-18-64-19-21-74)69-42-30-38(89(5,80)81)13-14-41(42)68-46(47-40(60)9-7-17-65-47)39-8-6-10-44-48(39)87-59(62,63)86-44/h6-14,17,28,30,33,37,43,46,50,64,68,76H,15-16,18-27,29,31-32H2,1-5H3,(H,66,77)(H,70,79)(H,69,71,72,73)/t37-,43+,46+,50?/m1/s1. The summed E-state index contributed by atoms with van der Waals surface area (Å²) in [7, 11) is -3.78. The van der Waals surface area contributed by atoms with Crippen molar-refractivity contribution in [2.24, 2.45) is 5.41 Å². The van der Waals surface area contributed by atoms with Gasteiger partial charge >= 0.3 is 12.3 Å². The molecule has 6 N–H and O–H groups in total. The molecule has 6 heterocycles. The molecule has 0 spiro atoms. The van der Waals surface area contributed by atoms with Gasteiger partial charge in [0.2, 0.25) is 23.7 Å². The number of likely N-dealkylation sites (tertiary alicyclic amines) is 1. The fraction of sp³-hybridized carbons (Fsp3) is 0.458. The predicted octanol–water partition coefficient (Wildman–Crippen LogP) is 6.53. The monoisotopic (exact) mass is 1290 g/mol. The number of ether oxygens (including phenoxy) is 6. The normalized spacial score (nSPS) is 18.2. The van der Waals surface area contributed by atoms with E-state index in [1.54, 1.807) is 44.5 Å². The summed E-state index contributed by atoms with van der Waals surface area (Å²) in [6, 6.07) is 14.1. The van der Waals surface area contributed by atoms with E-state index in [2.05, 4.69) is 46.5 Å². The van der Waals surface area contributed by atoms with Crippen molar-refractivity contribution >= 4 is 73.8 Å². The van der Waals surface area contributed by atoms with Crippen LogP contribution in [0.4, 0.5) is 36.4 Å². The number of carbonyl (C=O) groups excluding carboxylic acids is 3. The van der Waals surface area contributed by atoms with Crippen LogP contribution in [0, 0.1) is 12.3 Å². The summed E-state index contributed by atoms with van der Waals surface area (Å²) < 4.78 is 103. The van der Waals surface area contributed by atoms with E-state index >= 15 is 0 Å². The molecular formula is C59H68ClF3N12O12S2. The third kappa shape index (κ3) is 15.9. The molecule has 3 fully saturated rings. The Hall–Kier alpha value is -7.67. The molecule has 6 aromatic rings. The number of aliphatic hydroxyl groups excluding tert-OH is 1. The van der Waals surface area contributed by atoms with E-state index in [1.165, 1.54) is 52.8 Å². The second kappa shape index (κ2) is 27.2. The topological polar surface area (TPSA) is 292 Å². The number of hydrogen-bond donors (Lipinski definition) is 6. The summed E-state index contributed by atoms with van der Waals surface area (Å²) >= 11 is 8.16. The number of rotatable bonds is 26. The summed E-state index contributed by atoms with van der Waals surface area (Å²) in [5, 5.41) is 26.1. The lowest BCUT2D eigenvalue weighted by molar-refractivity contribution is -0.287. The molecule has 1 saturated carbocycles. The van der Waals surface area contributed by atoms with Gasteiger partial charge in [-0.1, -0.05) is 56.6 Å². The van der Waals surface area contributed by atoms with E-state index in [0.717, 1.165) is 22.4 Å². The number of carbonyl (C=O) groups is 3. The first-order valence-corrected chi connectivity index (χ1v) is 31.9. The van der Waals surface area contributed by atoms with Gasteiger partial charge < -0.3 is 69.9 Å². The number of nitrogens with zero attached hydrogens (tertiary/aromatic N) is 7. The molecule has 3 aromatic heterocycles. The van der Waals surface area contributed by atoms with Gasteiger partial charge in [0.25, 0.3) is 5.91 Å². The van der Waals surface area contributed by atoms with Crippen molar-refractivity contribution in [2.45, 2.75) is 94.6 Å². The lowest BCUT2D eigenvalue weighted by Gasteiger charge is -2.35. The summed E-state index contributed by atoms with van der Waals surface area (Å²) in [5.74, 6) is -1.72. The Kier molecular flexibility index (Phi) is 19.7. The van der Waals surface area contributed by atoms with Gasteiger partial charge in [-0.2, -0.15) is 15.0 Å². The van der Waals surface area contributed by atoms with Gasteiger partial charge in [0, 0.05) is 69.3 Å². The van der Waals surface area contributed by atoms with E-state index in [-0.39, 0.29) is 134 Å². The van der Waals surface area contributed by atoms with Crippen LogP contribution in [-0.2, 0) is 40.2 Å². The number of amides is 3. The van der Waals surface area contributed by atoms with E-state index in [0.29, 0.717) is 37.5 Å². The number of fused-ring (bicyclic) bond motifs is 1. The number of alkyl halides is 3. The van der Waals surface area contributed by atoms with Crippen molar-refractivity contribution in [1.29, 1.82) is 0 Å². The van der Waals surface area contributed by atoms with E-state index in [4.69, 9.17) is 45.0 Å².